The molecule has 0 aliphatic carbocycles. The van der Waals surface area contributed by atoms with Crippen LogP contribution in [0.5, 0.6) is 0 Å². The van der Waals surface area contributed by atoms with Crippen molar-refractivity contribution in [3.05, 3.63) is 167 Å². The Morgan fingerprint density at radius 3 is 1.40 bits per heavy atom. The van der Waals surface area contributed by atoms with Crippen LogP contribution >= 0.6 is 0 Å². The van der Waals surface area contributed by atoms with Gasteiger partial charge in [0.1, 0.15) is 0 Å². The van der Waals surface area contributed by atoms with Crippen molar-refractivity contribution < 1.29 is 52.7 Å². The van der Waals surface area contributed by atoms with E-state index in [0.717, 1.165) is 24.3 Å². The van der Waals surface area contributed by atoms with Crippen molar-refractivity contribution in [1.29, 1.82) is 5.26 Å². The van der Waals surface area contributed by atoms with E-state index in [2.05, 4.69) is 0 Å². The number of nitriles is 1. The molecule has 3 nitrogen and oxygen atoms in total. The first-order valence-corrected chi connectivity index (χ1v) is 18.4. The van der Waals surface area contributed by atoms with Crippen LogP contribution < -0.4 is 0 Å². The van der Waals surface area contributed by atoms with Gasteiger partial charge in [-0.25, -0.2) is 0 Å². The number of fused-ring (bicyclic) bond motifs is 6. The first-order chi connectivity index (χ1) is 29.2. The molecule has 0 aliphatic heterocycles. The van der Waals surface area contributed by atoms with Gasteiger partial charge in [-0.2, -0.15) is 57.9 Å². The average molecular weight is 858 g/mol. The zero-order valence-electron chi connectivity index (χ0n) is 31.2. The minimum absolute atomic E-state index is 0.000219. The van der Waals surface area contributed by atoms with E-state index in [-0.39, 0.29) is 61.5 Å². The Hall–Kier alpha value is -7.21. The minimum Gasteiger partial charge on any atom is -0.309 e. The maximum Gasteiger partial charge on any atom is 0.417 e. The third kappa shape index (κ3) is 6.66. The van der Waals surface area contributed by atoms with Gasteiger partial charge in [0.15, 0.2) is 0 Å². The van der Waals surface area contributed by atoms with Crippen molar-refractivity contribution in [3.8, 4) is 39.7 Å². The van der Waals surface area contributed by atoms with Crippen molar-refractivity contribution in [2.75, 3.05) is 0 Å². The standard InChI is InChI=1S/C47H23F12N3/c48-44(49,50)26-11-17-41-36(20-26)32-5-1-3-7-39(32)61(41)29-13-15-30(31-14-10-28(46(54,55)56)22-38(31)47(57,58)59)34(23-29)35-19-25(24-60)9-16-42(35)62-40-8-4-2-6-33(40)37-21-27(45(51,52)53)12-18-43(37)62/h1-23H. The second-order valence-electron chi connectivity index (χ2n) is 14.5. The molecule has 15 heteroatoms. The fourth-order valence-corrected chi connectivity index (χ4v) is 8.17. The number of halogens is 12. The zero-order chi connectivity index (χ0) is 44.1. The lowest BCUT2D eigenvalue weighted by Gasteiger charge is -2.22. The molecule has 0 N–H and O–H groups in total. The highest BCUT2D eigenvalue weighted by Gasteiger charge is 2.39. The number of benzene rings is 7. The minimum atomic E-state index is -5.32. The average Bonchev–Trinajstić information content (AvgIpc) is 3.74. The van der Waals surface area contributed by atoms with Crippen LogP contribution in [0.25, 0.3) is 77.2 Å². The van der Waals surface area contributed by atoms with Crippen molar-refractivity contribution in [2.24, 2.45) is 0 Å². The normalized spacial score (nSPS) is 12.8. The number of hydrogen-bond acceptors (Lipinski definition) is 1. The van der Waals surface area contributed by atoms with Gasteiger partial charge in [0, 0.05) is 32.8 Å². The molecular formula is C47H23F12N3. The van der Waals surface area contributed by atoms with Gasteiger partial charge in [-0.1, -0.05) is 48.5 Å². The molecule has 0 saturated heterocycles. The number of rotatable bonds is 4. The van der Waals surface area contributed by atoms with Crippen molar-refractivity contribution in [3.63, 3.8) is 0 Å². The van der Waals surface area contributed by atoms with Gasteiger partial charge in [-0.15, -0.1) is 0 Å². The predicted octanol–water partition coefficient (Wildman–Crippen LogP) is 15.2. The monoisotopic (exact) mass is 857 g/mol. The Morgan fingerprint density at radius 2 is 0.855 bits per heavy atom. The highest BCUT2D eigenvalue weighted by molar-refractivity contribution is 6.11. The second-order valence-corrected chi connectivity index (χ2v) is 14.5. The Kier molecular flexibility index (Phi) is 9.02. The molecule has 9 rings (SSSR count). The number of aromatic nitrogens is 2. The van der Waals surface area contributed by atoms with Gasteiger partial charge in [0.25, 0.3) is 0 Å². The lowest BCUT2D eigenvalue weighted by Crippen LogP contribution is -2.12. The first-order valence-electron chi connectivity index (χ1n) is 18.4. The molecule has 0 unspecified atom stereocenters. The summed E-state index contributed by atoms with van der Waals surface area (Å²) in [7, 11) is 0. The number of para-hydroxylation sites is 2. The summed E-state index contributed by atoms with van der Waals surface area (Å²) in [4.78, 5) is 0. The fraction of sp³-hybridized carbons (Fsp3) is 0.0851. The van der Waals surface area contributed by atoms with E-state index in [1.165, 1.54) is 48.5 Å². The van der Waals surface area contributed by atoms with Gasteiger partial charge in [0.2, 0.25) is 0 Å². The van der Waals surface area contributed by atoms with Gasteiger partial charge < -0.3 is 9.13 Å². The molecule has 2 heterocycles. The summed E-state index contributed by atoms with van der Waals surface area (Å²) >= 11 is 0. The van der Waals surface area contributed by atoms with Crippen LogP contribution in [0.1, 0.15) is 27.8 Å². The summed E-state index contributed by atoms with van der Waals surface area (Å²) in [6.07, 6.45) is -19.9. The van der Waals surface area contributed by atoms with Crippen LogP contribution in [0.4, 0.5) is 52.7 Å². The van der Waals surface area contributed by atoms with Crippen molar-refractivity contribution in [2.45, 2.75) is 24.7 Å². The SMILES string of the molecule is N#Cc1ccc(-n2c3ccccc3c3cc(C(F)(F)F)ccc32)c(-c2cc(-n3c4ccccc4c4cc(C(F)(F)F)ccc43)ccc2-c2ccc(C(F)(F)F)cc2C(F)(F)F)c1. The van der Waals surface area contributed by atoms with E-state index < -0.39 is 52.5 Å². The molecule has 0 fully saturated rings. The lowest BCUT2D eigenvalue weighted by atomic mass is 9.88. The molecule has 0 radical (unpaired) electrons. The summed E-state index contributed by atoms with van der Waals surface area (Å²) in [5, 5.41) is 11.3. The fourth-order valence-electron chi connectivity index (χ4n) is 8.17. The summed E-state index contributed by atoms with van der Waals surface area (Å²) < 4.78 is 174. The molecule has 2 aromatic heterocycles. The maximum atomic E-state index is 14.9. The smallest absolute Gasteiger partial charge is 0.309 e. The van der Waals surface area contributed by atoms with E-state index >= 15 is 0 Å². The van der Waals surface area contributed by atoms with Crippen LogP contribution in [-0.2, 0) is 24.7 Å². The molecule has 0 bridgehead atoms. The van der Waals surface area contributed by atoms with Gasteiger partial charge >= 0.3 is 24.7 Å². The highest BCUT2D eigenvalue weighted by Crippen LogP contribution is 2.47. The molecular weight excluding hydrogens is 835 g/mol. The van der Waals surface area contributed by atoms with Crippen molar-refractivity contribution in [1.82, 2.24) is 9.13 Å². The summed E-state index contributed by atoms with van der Waals surface area (Å²) in [5.74, 6) is 0. The Bertz CT molecular complexity index is 3320. The topological polar surface area (TPSA) is 33.6 Å². The third-order valence-electron chi connectivity index (χ3n) is 10.9. The number of nitrogens with zero attached hydrogens (tertiary/aromatic N) is 3. The van der Waals surface area contributed by atoms with Crippen LogP contribution in [0.15, 0.2) is 140 Å². The second kappa shape index (κ2) is 13.9. The van der Waals surface area contributed by atoms with E-state index in [0.29, 0.717) is 33.9 Å². The Morgan fingerprint density at radius 1 is 0.371 bits per heavy atom. The summed E-state index contributed by atoms with van der Waals surface area (Å²) in [6.45, 7) is 0. The van der Waals surface area contributed by atoms with Gasteiger partial charge in [-0.3, -0.25) is 0 Å². The maximum absolute atomic E-state index is 14.9. The molecule has 310 valence electrons. The summed E-state index contributed by atoms with van der Waals surface area (Å²) in [6, 6.07) is 30.6. The van der Waals surface area contributed by atoms with Crippen LogP contribution in [-0.4, -0.2) is 9.13 Å². The molecule has 7 aromatic carbocycles. The van der Waals surface area contributed by atoms with Gasteiger partial charge in [-0.05, 0) is 108 Å². The molecule has 0 saturated carbocycles. The van der Waals surface area contributed by atoms with Crippen LogP contribution in [0, 0.1) is 11.3 Å². The van der Waals surface area contributed by atoms with E-state index in [4.69, 9.17) is 0 Å². The van der Waals surface area contributed by atoms with E-state index in [9.17, 15) is 57.9 Å². The Balaban J connectivity index is 1.41. The molecule has 62 heavy (non-hydrogen) atoms. The highest BCUT2D eigenvalue weighted by atomic mass is 19.4. The largest absolute Gasteiger partial charge is 0.417 e. The van der Waals surface area contributed by atoms with Crippen molar-refractivity contribution >= 4 is 43.6 Å². The number of hydrogen-bond donors (Lipinski definition) is 0. The molecule has 0 amide bonds. The van der Waals surface area contributed by atoms with E-state index in [1.54, 1.807) is 57.7 Å². The predicted molar refractivity (Wildman–Crippen MR) is 211 cm³/mol. The number of alkyl halides is 12. The van der Waals surface area contributed by atoms with E-state index in [1.807, 2.05) is 6.07 Å². The van der Waals surface area contributed by atoms with Crippen LogP contribution in [0.2, 0.25) is 0 Å². The molecule has 0 atom stereocenters. The third-order valence-corrected chi connectivity index (χ3v) is 10.9. The summed E-state index contributed by atoms with van der Waals surface area (Å²) in [5.41, 5.74) is -4.32. The molecule has 0 spiro atoms. The van der Waals surface area contributed by atoms with Crippen LogP contribution in [0.3, 0.4) is 0 Å². The molecule has 9 aromatic rings. The lowest BCUT2D eigenvalue weighted by molar-refractivity contribution is -0.143. The molecule has 0 aliphatic rings. The quantitative estimate of drug-likeness (QED) is 0.162. The van der Waals surface area contributed by atoms with Gasteiger partial charge in [0.05, 0.1) is 61.6 Å². The zero-order valence-corrected chi connectivity index (χ0v) is 31.2. The first kappa shape index (κ1) is 40.2. The Labute approximate surface area is 341 Å².